The minimum Gasteiger partial charge on any atom is -0.318 e. The lowest BCUT2D eigenvalue weighted by Crippen LogP contribution is -2.45. The van der Waals surface area contributed by atoms with Crippen molar-refractivity contribution in [3.8, 4) is 0 Å². The van der Waals surface area contributed by atoms with Crippen molar-refractivity contribution in [1.29, 1.82) is 0 Å². The Morgan fingerprint density at radius 2 is 1.89 bits per heavy atom. The number of benzene rings is 1. The molecule has 0 bridgehead atoms. The minimum atomic E-state index is -1.66. The molecule has 0 spiro atoms. The van der Waals surface area contributed by atoms with Gasteiger partial charge in [-0.3, -0.25) is 5.73 Å². The van der Waals surface area contributed by atoms with Crippen LogP contribution in [0.2, 0.25) is 19.6 Å². The van der Waals surface area contributed by atoms with Crippen molar-refractivity contribution in [3.63, 3.8) is 0 Å². The number of hydrogen-bond acceptors (Lipinski definition) is 4. The largest absolute Gasteiger partial charge is 0.318 e. The fourth-order valence-electron chi connectivity index (χ4n) is 1.66. The molecule has 0 aliphatic carbocycles. The topological polar surface area (TPSA) is 50.8 Å². The molecule has 18 heavy (non-hydrogen) atoms. The van der Waals surface area contributed by atoms with Crippen LogP contribution in [0.5, 0.6) is 0 Å². The molecule has 96 valence electrons. The van der Waals surface area contributed by atoms with Crippen molar-refractivity contribution in [2.24, 2.45) is 10.7 Å². The second-order valence-corrected chi connectivity index (χ2v) is 9.58. The van der Waals surface area contributed by atoms with Crippen LogP contribution in [0.1, 0.15) is 5.56 Å². The zero-order valence-electron chi connectivity index (χ0n) is 11.0. The first-order chi connectivity index (χ1) is 8.46. The van der Waals surface area contributed by atoms with Gasteiger partial charge in [-0.2, -0.15) is 0 Å². The van der Waals surface area contributed by atoms with Crippen LogP contribution in [0.15, 0.2) is 47.6 Å². The first kappa shape index (κ1) is 13.0. The molecule has 0 amide bonds. The third-order valence-electron chi connectivity index (χ3n) is 2.36. The minimum absolute atomic E-state index is 0.475. The van der Waals surface area contributed by atoms with Gasteiger partial charge in [-0.05, 0) is 31.3 Å². The Morgan fingerprint density at radius 1 is 1.22 bits per heavy atom. The van der Waals surface area contributed by atoms with Crippen molar-refractivity contribution in [2.45, 2.75) is 25.9 Å². The molecule has 1 unspecified atom stereocenters. The lowest BCUT2D eigenvalue weighted by molar-refractivity contribution is -0.0532. The fourth-order valence-corrected chi connectivity index (χ4v) is 2.46. The van der Waals surface area contributed by atoms with Gasteiger partial charge in [-0.25, -0.2) is 10.1 Å². The molecule has 0 fully saturated rings. The van der Waals surface area contributed by atoms with Crippen molar-refractivity contribution in [1.82, 2.24) is 5.06 Å². The molecule has 1 aromatic carbocycles. The highest BCUT2D eigenvalue weighted by Gasteiger charge is 2.23. The molecule has 1 atom stereocenters. The molecule has 1 aliphatic heterocycles. The number of rotatable bonds is 3. The number of nitrogens with two attached hydrogens (primary N) is 1. The smallest absolute Gasteiger partial charge is 0.220 e. The summed E-state index contributed by atoms with van der Waals surface area (Å²) in [5.41, 5.74) is 7.95. The molecular weight excluding hydrogens is 242 g/mol. The second kappa shape index (κ2) is 5.05. The summed E-state index contributed by atoms with van der Waals surface area (Å²) < 4.78 is 5.83. The molecule has 5 heteroatoms. The van der Waals surface area contributed by atoms with E-state index in [-0.39, 0.29) is 0 Å². The number of allylic oxidation sites excluding steroid dienone is 1. The summed E-state index contributed by atoms with van der Waals surface area (Å²) in [7, 11) is -1.66. The maximum atomic E-state index is 6.00. The Labute approximate surface area is 109 Å². The van der Waals surface area contributed by atoms with Crippen LogP contribution in [0, 0.1) is 0 Å². The molecule has 2 N–H and O–H groups in total. The van der Waals surface area contributed by atoms with E-state index in [0.29, 0.717) is 0 Å². The van der Waals surface area contributed by atoms with Gasteiger partial charge in [0.15, 0.2) is 6.29 Å². The average Bonchev–Trinajstić information content (AvgIpc) is 2.31. The Bertz CT molecular complexity index is 465. The zero-order valence-corrected chi connectivity index (χ0v) is 12.0. The monoisotopic (exact) mass is 261 g/mol. The molecule has 0 radical (unpaired) electrons. The second-order valence-electron chi connectivity index (χ2n) is 5.17. The van der Waals surface area contributed by atoms with E-state index in [4.69, 9.17) is 10.3 Å². The predicted octanol–water partition coefficient (Wildman–Crippen LogP) is 2.31. The predicted molar refractivity (Wildman–Crippen MR) is 76.4 cm³/mol. The van der Waals surface area contributed by atoms with Crippen LogP contribution in [0.25, 0.3) is 0 Å². The van der Waals surface area contributed by atoms with Crippen molar-refractivity contribution >= 4 is 14.0 Å². The molecule has 1 aromatic rings. The van der Waals surface area contributed by atoms with Crippen LogP contribution in [-0.2, 0) is 4.53 Å². The quantitative estimate of drug-likeness (QED) is 0.850. The van der Waals surface area contributed by atoms with E-state index in [2.05, 4.69) is 24.6 Å². The maximum absolute atomic E-state index is 6.00. The van der Waals surface area contributed by atoms with Gasteiger partial charge in [-0.15, -0.1) is 0 Å². The third-order valence-corrected chi connectivity index (χ3v) is 3.12. The highest BCUT2D eigenvalue weighted by molar-refractivity contribution is 6.69. The van der Waals surface area contributed by atoms with Gasteiger partial charge in [0, 0.05) is 6.20 Å². The molecule has 0 saturated heterocycles. The van der Waals surface area contributed by atoms with E-state index >= 15 is 0 Å². The molecule has 0 aromatic heterocycles. The highest BCUT2D eigenvalue weighted by Crippen LogP contribution is 2.15. The molecule has 2 rings (SSSR count). The van der Waals surface area contributed by atoms with Gasteiger partial charge in [0.1, 0.15) is 0 Å². The van der Waals surface area contributed by atoms with E-state index in [1.54, 1.807) is 5.06 Å². The lowest BCUT2D eigenvalue weighted by atomic mass is 10.1. The van der Waals surface area contributed by atoms with Gasteiger partial charge in [-0.1, -0.05) is 30.3 Å². The summed E-state index contributed by atoms with van der Waals surface area (Å²) in [6.45, 7) is 6.35. The highest BCUT2D eigenvalue weighted by atomic mass is 28.4. The first-order valence-electron chi connectivity index (χ1n) is 6.00. The van der Waals surface area contributed by atoms with Gasteiger partial charge >= 0.3 is 0 Å². The lowest BCUT2D eigenvalue weighted by Gasteiger charge is -2.32. The van der Waals surface area contributed by atoms with Gasteiger partial charge in [0.2, 0.25) is 8.32 Å². The number of hydroxylamine groups is 2. The first-order valence-corrected chi connectivity index (χ1v) is 9.41. The number of hydrogen-bond donors (Lipinski definition) is 1. The molecule has 0 saturated carbocycles. The number of aliphatic imine (C=N–C) groups is 1. The van der Waals surface area contributed by atoms with Crippen molar-refractivity contribution in [3.05, 3.63) is 48.2 Å². The van der Waals surface area contributed by atoms with Crippen molar-refractivity contribution < 1.29 is 4.53 Å². The maximum Gasteiger partial charge on any atom is 0.220 e. The van der Waals surface area contributed by atoms with Gasteiger partial charge in [0.05, 0.1) is 5.71 Å². The number of nitrogens with zero attached hydrogens (tertiary/aromatic N) is 2. The van der Waals surface area contributed by atoms with Gasteiger partial charge < -0.3 is 4.53 Å². The molecular formula is C13H19N3OSi. The van der Waals surface area contributed by atoms with E-state index in [1.165, 1.54) is 0 Å². The van der Waals surface area contributed by atoms with Crippen LogP contribution in [-0.4, -0.2) is 25.4 Å². The molecule has 1 aliphatic rings. The van der Waals surface area contributed by atoms with E-state index < -0.39 is 14.6 Å². The summed E-state index contributed by atoms with van der Waals surface area (Å²) in [4.78, 5) is 4.45. The van der Waals surface area contributed by atoms with Crippen LogP contribution >= 0.6 is 0 Å². The van der Waals surface area contributed by atoms with Crippen LogP contribution in [0.4, 0.5) is 0 Å². The SMILES string of the molecule is C[Si](C)(C)ON1C=CC(c2ccccc2)=NC1N. The summed E-state index contributed by atoms with van der Waals surface area (Å²) >= 11 is 0. The third kappa shape index (κ3) is 3.29. The molecule has 4 nitrogen and oxygen atoms in total. The standard InChI is InChI=1S/C13H19N3OSi/c1-18(2,3)17-16-10-9-12(15-13(16)14)11-7-5-4-6-8-11/h4-10,13H,14H2,1-3H3. The van der Waals surface area contributed by atoms with E-state index in [0.717, 1.165) is 11.3 Å². The zero-order chi connectivity index (χ0) is 13.2. The van der Waals surface area contributed by atoms with E-state index in [9.17, 15) is 0 Å². The van der Waals surface area contributed by atoms with Crippen LogP contribution in [0.3, 0.4) is 0 Å². The Kier molecular flexibility index (Phi) is 3.65. The van der Waals surface area contributed by atoms with Gasteiger partial charge in [0.25, 0.3) is 0 Å². The average molecular weight is 261 g/mol. The van der Waals surface area contributed by atoms with E-state index in [1.807, 2.05) is 42.6 Å². The fraction of sp³-hybridized carbons (Fsp3) is 0.308. The molecule has 1 heterocycles. The summed E-state index contributed by atoms with van der Waals surface area (Å²) in [5, 5.41) is 1.64. The summed E-state index contributed by atoms with van der Waals surface area (Å²) in [6, 6.07) is 10.00. The Morgan fingerprint density at radius 3 is 2.44 bits per heavy atom. The summed E-state index contributed by atoms with van der Waals surface area (Å²) in [6.07, 6.45) is 3.31. The normalized spacial score (nSPS) is 19.9. The van der Waals surface area contributed by atoms with Crippen molar-refractivity contribution in [2.75, 3.05) is 0 Å². The van der Waals surface area contributed by atoms with Crippen LogP contribution < -0.4 is 5.73 Å². The summed E-state index contributed by atoms with van der Waals surface area (Å²) in [5.74, 6) is 0. The Hall–Kier alpha value is -1.43. The Balaban J connectivity index is 2.13.